The Balaban J connectivity index is 2.35. The van der Waals surface area contributed by atoms with E-state index in [9.17, 15) is 9.59 Å². The lowest BCUT2D eigenvalue weighted by atomic mass is 10.1. The van der Waals surface area contributed by atoms with Crippen molar-refractivity contribution in [1.82, 2.24) is 25.5 Å². The maximum atomic E-state index is 12.1. The third kappa shape index (κ3) is 3.05. The number of hydrogen-bond acceptors (Lipinski definition) is 5. The standard InChI is InChI=1S/C13H15N5O2/c1-3-10(15-8(2)19)11-13(20)16-12(18-17-11)9-5-4-6-14-7-9/h4-7,10H,3H2,1-2H3,(H,15,19)(H,16,18,20). The van der Waals surface area contributed by atoms with Crippen molar-refractivity contribution in [2.24, 2.45) is 0 Å². The molecule has 2 rings (SSSR count). The van der Waals surface area contributed by atoms with E-state index in [-0.39, 0.29) is 17.2 Å². The lowest BCUT2D eigenvalue weighted by Gasteiger charge is -2.13. The monoisotopic (exact) mass is 273 g/mol. The average Bonchev–Trinajstić information content (AvgIpc) is 2.45. The smallest absolute Gasteiger partial charge is 0.275 e. The highest BCUT2D eigenvalue weighted by Crippen LogP contribution is 2.12. The molecule has 2 aromatic heterocycles. The highest BCUT2D eigenvalue weighted by molar-refractivity contribution is 5.73. The van der Waals surface area contributed by atoms with Gasteiger partial charge >= 0.3 is 0 Å². The maximum Gasteiger partial charge on any atom is 0.275 e. The van der Waals surface area contributed by atoms with Gasteiger partial charge in [-0.05, 0) is 18.6 Å². The molecule has 20 heavy (non-hydrogen) atoms. The number of rotatable bonds is 4. The topological polar surface area (TPSA) is 101 Å². The fourth-order valence-corrected chi connectivity index (χ4v) is 1.82. The largest absolute Gasteiger partial charge is 0.348 e. The predicted molar refractivity (Wildman–Crippen MR) is 72.7 cm³/mol. The Bertz CT molecular complexity index is 653. The second kappa shape index (κ2) is 6.05. The zero-order chi connectivity index (χ0) is 14.5. The van der Waals surface area contributed by atoms with E-state index in [1.165, 1.54) is 6.92 Å². The van der Waals surface area contributed by atoms with E-state index in [2.05, 4.69) is 25.5 Å². The molecule has 1 amide bonds. The molecule has 1 atom stereocenters. The van der Waals surface area contributed by atoms with Crippen LogP contribution in [0.15, 0.2) is 29.3 Å². The minimum atomic E-state index is -0.438. The molecule has 0 bridgehead atoms. The molecule has 2 heterocycles. The van der Waals surface area contributed by atoms with Crippen molar-refractivity contribution >= 4 is 5.91 Å². The van der Waals surface area contributed by atoms with E-state index in [1.54, 1.807) is 24.5 Å². The molecule has 0 saturated carbocycles. The Morgan fingerprint density at radius 1 is 1.45 bits per heavy atom. The van der Waals surface area contributed by atoms with Gasteiger partial charge in [0, 0.05) is 24.9 Å². The van der Waals surface area contributed by atoms with E-state index in [1.807, 2.05) is 6.92 Å². The molecule has 0 aliphatic heterocycles. The van der Waals surface area contributed by atoms with Crippen LogP contribution in [0.3, 0.4) is 0 Å². The number of carbonyl (C=O) groups excluding carboxylic acids is 1. The number of amides is 1. The average molecular weight is 273 g/mol. The number of nitrogens with one attached hydrogen (secondary N) is 2. The van der Waals surface area contributed by atoms with Gasteiger partial charge in [-0.2, -0.15) is 0 Å². The Morgan fingerprint density at radius 3 is 2.80 bits per heavy atom. The minimum absolute atomic E-state index is 0.204. The summed E-state index contributed by atoms with van der Waals surface area (Å²) in [5, 5.41) is 10.6. The highest BCUT2D eigenvalue weighted by Gasteiger charge is 2.17. The van der Waals surface area contributed by atoms with E-state index in [0.717, 1.165) is 0 Å². The molecule has 7 nitrogen and oxygen atoms in total. The van der Waals surface area contributed by atoms with Crippen molar-refractivity contribution < 1.29 is 4.79 Å². The first-order valence-corrected chi connectivity index (χ1v) is 6.26. The van der Waals surface area contributed by atoms with Gasteiger partial charge in [-0.1, -0.05) is 6.92 Å². The van der Waals surface area contributed by atoms with Crippen molar-refractivity contribution in [3.63, 3.8) is 0 Å². The van der Waals surface area contributed by atoms with Gasteiger partial charge in [0.05, 0.1) is 6.04 Å². The summed E-state index contributed by atoms with van der Waals surface area (Å²) in [7, 11) is 0. The molecule has 0 aromatic carbocycles. The van der Waals surface area contributed by atoms with Gasteiger partial charge in [-0.25, -0.2) is 0 Å². The minimum Gasteiger partial charge on any atom is -0.348 e. The van der Waals surface area contributed by atoms with Crippen LogP contribution in [0, 0.1) is 0 Å². The van der Waals surface area contributed by atoms with Crippen LogP contribution in [-0.4, -0.2) is 26.1 Å². The number of aromatic amines is 1. The summed E-state index contributed by atoms with van der Waals surface area (Å²) >= 11 is 0. The second-order valence-electron chi connectivity index (χ2n) is 4.29. The molecule has 0 spiro atoms. The van der Waals surface area contributed by atoms with Gasteiger partial charge in [-0.15, -0.1) is 10.2 Å². The molecule has 0 aliphatic carbocycles. The quantitative estimate of drug-likeness (QED) is 0.858. The van der Waals surface area contributed by atoms with Gasteiger partial charge in [-0.3, -0.25) is 14.6 Å². The molecule has 2 aromatic rings. The molecule has 1 unspecified atom stereocenters. The fourth-order valence-electron chi connectivity index (χ4n) is 1.82. The van der Waals surface area contributed by atoms with Crippen LogP contribution in [0.1, 0.15) is 32.0 Å². The molecule has 0 fully saturated rings. The van der Waals surface area contributed by atoms with Gasteiger partial charge in [0.1, 0.15) is 0 Å². The first kappa shape index (κ1) is 13.9. The molecule has 7 heteroatoms. The number of hydrogen-bond donors (Lipinski definition) is 2. The van der Waals surface area contributed by atoms with Crippen LogP contribution in [0.25, 0.3) is 11.4 Å². The summed E-state index contributed by atoms with van der Waals surface area (Å²) < 4.78 is 0. The van der Waals surface area contributed by atoms with Gasteiger partial charge in [0.25, 0.3) is 5.56 Å². The summed E-state index contributed by atoms with van der Waals surface area (Å²) in [5.74, 6) is 0.138. The Kier molecular flexibility index (Phi) is 4.19. The number of aromatic nitrogens is 4. The van der Waals surface area contributed by atoms with Crippen molar-refractivity contribution in [2.75, 3.05) is 0 Å². The number of pyridine rings is 1. The zero-order valence-corrected chi connectivity index (χ0v) is 11.3. The van der Waals surface area contributed by atoms with Crippen LogP contribution in [0.4, 0.5) is 0 Å². The van der Waals surface area contributed by atoms with Crippen LogP contribution in [0.5, 0.6) is 0 Å². The van der Waals surface area contributed by atoms with Gasteiger partial charge < -0.3 is 10.3 Å². The Hall–Kier alpha value is -2.57. The summed E-state index contributed by atoms with van der Waals surface area (Å²) in [4.78, 5) is 29.8. The van der Waals surface area contributed by atoms with Crippen molar-refractivity contribution in [2.45, 2.75) is 26.3 Å². The lowest BCUT2D eigenvalue weighted by Crippen LogP contribution is -2.32. The van der Waals surface area contributed by atoms with Crippen LogP contribution >= 0.6 is 0 Å². The summed E-state index contributed by atoms with van der Waals surface area (Å²) in [6, 6.07) is 3.08. The van der Waals surface area contributed by atoms with Crippen LogP contribution < -0.4 is 10.9 Å². The third-order valence-corrected chi connectivity index (χ3v) is 2.77. The SMILES string of the molecule is CCC(NC(C)=O)c1nnc(-c2cccnc2)[nH]c1=O. The Morgan fingerprint density at radius 2 is 2.25 bits per heavy atom. The molecule has 0 radical (unpaired) electrons. The number of nitrogens with zero attached hydrogens (tertiary/aromatic N) is 3. The molecule has 2 N–H and O–H groups in total. The highest BCUT2D eigenvalue weighted by atomic mass is 16.1. The summed E-state index contributed by atoms with van der Waals surface area (Å²) in [5.41, 5.74) is 0.519. The molecule has 0 saturated heterocycles. The lowest BCUT2D eigenvalue weighted by molar-refractivity contribution is -0.119. The summed E-state index contributed by atoms with van der Waals surface area (Å²) in [6.45, 7) is 3.26. The van der Waals surface area contributed by atoms with Crippen LogP contribution in [0.2, 0.25) is 0 Å². The van der Waals surface area contributed by atoms with Crippen LogP contribution in [-0.2, 0) is 4.79 Å². The second-order valence-corrected chi connectivity index (χ2v) is 4.29. The summed E-state index contributed by atoms with van der Waals surface area (Å²) in [6.07, 6.45) is 3.78. The van der Waals surface area contributed by atoms with Crippen molar-refractivity contribution in [3.8, 4) is 11.4 Å². The molecule has 104 valence electrons. The van der Waals surface area contributed by atoms with Gasteiger partial charge in [0.2, 0.25) is 5.91 Å². The van der Waals surface area contributed by atoms with E-state index >= 15 is 0 Å². The van der Waals surface area contributed by atoms with Crippen molar-refractivity contribution in [1.29, 1.82) is 0 Å². The first-order chi connectivity index (χ1) is 9.61. The normalized spacial score (nSPS) is 11.9. The van der Waals surface area contributed by atoms with Gasteiger partial charge in [0.15, 0.2) is 11.5 Å². The molecule has 0 aliphatic rings. The fraction of sp³-hybridized carbons (Fsp3) is 0.308. The van der Waals surface area contributed by atoms with E-state index in [0.29, 0.717) is 17.8 Å². The number of H-pyrrole nitrogens is 1. The predicted octanol–water partition coefficient (Wildman–Crippen LogP) is 0.814. The van der Waals surface area contributed by atoms with E-state index in [4.69, 9.17) is 0 Å². The maximum absolute atomic E-state index is 12.1. The number of carbonyl (C=O) groups is 1. The first-order valence-electron chi connectivity index (χ1n) is 6.26. The molecular formula is C13H15N5O2. The molecular weight excluding hydrogens is 258 g/mol. The third-order valence-electron chi connectivity index (χ3n) is 2.77. The zero-order valence-electron chi connectivity index (χ0n) is 11.3. The van der Waals surface area contributed by atoms with Crippen molar-refractivity contribution in [3.05, 3.63) is 40.6 Å². The Labute approximate surface area is 115 Å². The van der Waals surface area contributed by atoms with E-state index < -0.39 is 6.04 Å².